The molecule has 0 aliphatic carbocycles. The van der Waals surface area contributed by atoms with E-state index in [1.807, 2.05) is 27.7 Å². The summed E-state index contributed by atoms with van der Waals surface area (Å²) in [6, 6.07) is 6.47. The molecule has 0 unspecified atom stereocenters. The van der Waals surface area contributed by atoms with Crippen LogP contribution in [0.3, 0.4) is 0 Å². The molecule has 0 saturated carbocycles. The van der Waals surface area contributed by atoms with Gasteiger partial charge in [-0.15, -0.1) is 0 Å². The Balaban J connectivity index is 2.71. The molecule has 1 aromatic rings. The van der Waals surface area contributed by atoms with Crippen LogP contribution >= 0.6 is 0 Å². The number of hydrogen-bond donors (Lipinski definition) is 2. The standard InChI is InChI=1S/C15H25NO/c1-11-7-8-13(9-12(11)2)10-16-14(3,4)15(5,6)17/h7-9,16-17H,10H2,1-6H3. The van der Waals surface area contributed by atoms with Crippen LogP contribution in [-0.2, 0) is 6.54 Å². The van der Waals surface area contributed by atoms with Gasteiger partial charge in [0.25, 0.3) is 0 Å². The largest absolute Gasteiger partial charge is 0.389 e. The van der Waals surface area contributed by atoms with Gasteiger partial charge in [-0.3, -0.25) is 0 Å². The molecule has 0 radical (unpaired) electrons. The molecule has 2 nitrogen and oxygen atoms in total. The Labute approximate surface area is 105 Å². The third-order valence-corrected chi connectivity index (χ3v) is 3.84. The summed E-state index contributed by atoms with van der Waals surface area (Å²) in [5.74, 6) is 0. The van der Waals surface area contributed by atoms with Crippen LogP contribution in [-0.4, -0.2) is 16.2 Å². The summed E-state index contributed by atoms with van der Waals surface area (Å²) in [6.07, 6.45) is 0. The van der Waals surface area contributed by atoms with Gasteiger partial charge in [0.1, 0.15) is 0 Å². The molecule has 2 heteroatoms. The molecule has 0 aliphatic heterocycles. The molecule has 17 heavy (non-hydrogen) atoms. The molecule has 0 amide bonds. The molecule has 0 spiro atoms. The van der Waals surface area contributed by atoms with Crippen LogP contribution in [0.15, 0.2) is 18.2 Å². The van der Waals surface area contributed by atoms with Crippen molar-refractivity contribution >= 4 is 0 Å². The van der Waals surface area contributed by atoms with Crippen molar-refractivity contribution in [3.8, 4) is 0 Å². The third kappa shape index (κ3) is 3.55. The Kier molecular flexibility index (Phi) is 4.00. The fourth-order valence-electron chi connectivity index (χ4n) is 1.45. The smallest absolute Gasteiger partial charge is 0.0767 e. The first kappa shape index (κ1) is 14.2. The molecule has 0 saturated heterocycles. The lowest BCUT2D eigenvalue weighted by Crippen LogP contribution is -2.55. The van der Waals surface area contributed by atoms with E-state index in [2.05, 4.69) is 37.4 Å². The predicted octanol–water partition coefficient (Wildman–Crippen LogP) is 2.94. The molecule has 0 heterocycles. The summed E-state index contributed by atoms with van der Waals surface area (Å²) in [6.45, 7) is 12.7. The van der Waals surface area contributed by atoms with Gasteiger partial charge in [0.05, 0.1) is 5.60 Å². The highest BCUT2D eigenvalue weighted by molar-refractivity contribution is 5.29. The van der Waals surface area contributed by atoms with Crippen LogP contribution in [0.1, 0.15) is 44.4 Å². The van der Waals surface area contributed by atoms with Gasteiger partial charge >= 0.3 is 0 Å². The second-order valence-corrected chi connectivity index (χ2v) is 5.96. The third-order valence-electron chi connectivity index (χ3n) is 3.84. The van der Waals surface area contributed by atoms with E-state index < -0.39 is 5.60 Å². The number of rotatable bonds is 4. The summed E-state index contributed by atoms with van der Waals surface area (Å²) in [5, 5.41) is 13.5. The number of aryl methyl sites for hydroxylation is 2. The SMILES string of the molecule is Cc1ccc(CNC(C)(C)C(C)(C)O)cc1C. The zero-order valence-corrected chi connectivity index (χ0v) is 11.9. The first-order valence-electron chi connectivity index (χ1n) is 6.17. The van der Waals surface area contributed by atoms with Crippen LogP contribution in [0.25, 0.3) is 0 Å². The van der Waals surface area contributed by atoms with Crippen molar-refractivity contribution in [1.82, 2.24) is 5.32 Å². The molecule has 1 aromatic carbocycles. The van der Waals surface area contributed by atoms with E-state index in [4.69, 9.17) is 0 Å². The zero-order valence-electron chi connectivity index (χ0n) is 11.9. The summed E-state index contributed by atoms with van der Waals surface area (Å²) in [7, 11) is 0. The molecule has 0 fully saturated rings. The Morgan fingerprint density at radius 2 is 1.65 bits per heavy atom. The molecule has 96 valence electrons. The summed E-state index contributed by atoms with van der Waals surface area (Å²) in [4.78, 5) is 0. The molecular weight excluding hydrogens is 210 g/mol. The minimum absolute atomic E-state index is 0.314. The minimum atomic E-state index is -0.743. The van der Waals surface area contributed by atoms with Gasteiger partial charge in [0.15, 0.2) is 0 Å². The van der Waals surface area contributed by atoms with E-state index in [0.29, 0.717) is 0 Å². The lowest BCUT2D eigenvalue weighted by atomic mass is 9.86. The van der Waals surface area contributed by atoms with E-state index in [1.54, 1.807) is 0 Å². The lowest BCUT2D eigenvalue weighted by molar-refractivity contribution is -0.00531. The van der Waals surface area contributed by atoms with E-state index in [-0.39, 0.29) is 5.54 Å². The maximum atomic E-state index is 10.1. The maximum absolute atomic E-state index is 10.1. The van der Waals surface area contributed by atoms with Gasteiger partial charge < -0.3 is 10.4 Å². The van der Waals surface area contributed by atoms with E-state index in [1.165, 1.54) is 16.7 Å². The van der Waals surface area contributed by atoms with Gasteiger partial charge in [-0.25, -0.2) is 0 Å². The zero-order chi connectivity index (χ0) is 13.3. The topological polar surface area (TPSA) is 32.3 Å². The van der Waals surface area contributed by atoms with Gasteiger partial charge in [-0.1, -0.05) is 18.2 Å². The monoisotopic (exact) mass is 235 g/mol. The van der Waals surface area contributed by atoms with Crippen LogP contribution in [0.2, 0.25) is 0 Å². The molecule has 0 bridgehead atoms. The first-order valence-corrected chi connectivity index (χ1v) is 6.17. The molecule has 2 N–H and O–H groups in total. The van der Waals surface area contributed by atoms with Crippen molar-refractivity contribution in [3.05, 3.63) is 34.9 Å². The molecule has 1 rings (SSSR count). The van der Waals surface area contributed by atoms with Gasteiger partial charge in [0, 0.05) is 12.1 Å². The number of nitrogens with one attached hydrogen (secondary N) is 1. The first-order chi connectivity index (χ1) is 7.63. The minimum Gasteiger partial charge on any atom is -0.389 e. The highest BCUT2D eigenvalue weighted by atomic mass is 16.3. The van der Waals surface area contributed by atoms with Crippen molar-refractivity contribution in [3.63, 3.8) is 0 Å². The predicted molar refractivity (Wildman–Crippen MR) is 73.1 cm³/mol. The molecule has 0 aliphatic rings. The Bertz CT molecular complexity index is 388. The van der Waals surface area contributed by atoms with Crippen LogP contribution < -0.4 is 5.32 Å². The van der Waals surface area contributed by atoms with Crippen molar-refractivity contribution in [2.24, 2.45) is 0 Å². The lowest BCUT2D eigenvalue weighted by Gasteiger charge is -2.38. The number of aliphatic hydroxyl groups is 1. The fourth-order valence-corrected chi connectivity index (χ4v) is 1.45. The number of benzene rings is 1. The highest BCUT2D eigenvalue weighted by Crippen LogP contribution is 2.21. The maximum Gasteiger partial charge on any atom is 0.0767 e. The average molecular weight is 235 g/mol. The van der Waals surface area contributed by atoms with Gasteiger partial charge in [-0.2, -0.15) is 0 Å². The van der Waals surface area contributed by atoms with Crippen LogP contribution in [0, 0.1) is 13.8 Å². The molecule has 0 aromatic heterocycles. The fraction of sp³-hybridized carbons (Fsp3) is 0.600. The number of hydrogen-bond acceptors (Lipinski definition) is 2. The van der Waals surface area contributed by atoms with Gasteiger partial charge in [0.2, 0.25) is 0 Å². The van der Waals surface area contributed by atoms with Crippen molar-refractivity contribution in [2.45, 2.75) is 59.2 Å². The van der Waals surface area contributed by atoms with E-state index in [9.17, 15) is 5.11 Å². The Morgan fingerprint density at radius 3 is 2.12 bits per heavy atom. The summed E-state index contributed by atoms with van der Waals surface area (Å²) in [5.41, 5.74) is 2.82. The van der Waals surface area contributed by atoms with Crippen molar-refractivity contribution in [2.75, 3.05) is 0 Å². The van der Waals surface area contributed by atoms with E-state index >= 15 is 0 Å². The van der Waals surface area contributed by atoms with Crippen LogP contribution in [0.5, 0.6) is 0 Å². The summed E-state index contributed by atoms with van der Waals surface area (Å²) < 4.78 is 0. The quantitative estimate of drug-likeness (QED) is 0.841. The average Bonchev–Trinajstić information content (AvgIpc) is 2.18. The second-order valence-electron chi connectivity index (χ2n) is 5.96. The molecule has 0 atom stereocenters. The van der Waals surface area contributed by atoms with E-state index in [0.717, 1.165) is 6.54 Å². The Morgan fingerprint density at radius 1 is 1.06 bits per heavy atom. The van der Waals surface area contributed by atoms with Gasteiger partial charge in [-0.05, 0) is 58.2 Å². The molecular formula is C15H25NO. The van der Waals surface area contributed by atoms with Crippen molar-refractivity contribution in [1.29, 1.82) is 0 Å². The summed E-state index contributed by atoms with van der Waals surface area (Å²) >= 11 is 0. The highest BCUT2D eigenvalue weighted by Gasteiger charge is 2.34. The van der Waals surface area contributed by atoms with Crippen LogP contribution in [0.4, 0.5) is 0 Å². The second kappa shape index (κ2) is 4.79. The van der Waals surface area contributed by atoms with Crippen molar-refractivity contribution < 1.29 is 5.11 Å². The normalized spacial score (nSPS) is 12.9. The Hall–Kier alpha value is -0.860.